The summed E-state index contributed by atoms with van der Waals surface area (Å²) in [6, 6.07) is 0. The highest BCUT2D eigenvalue weighted by Crippen LogP contribution is 2.25. The molecule has 80 valence electrons. The third-order valence-electron chi connectivity index (χ3n) is 3.98. The normalized spacial score (nSPS) is 27.7. The van der Waals surface area contributed by atoms with E-state index < -0.39 is 11.5 Å². The van der Waals surface area contributed by atoms with Gasteiger partial charge in [0.05, 0.1) is 13.1 Å². The Morgan fingerprint density at radius 1 is 1.00 bits per heavy atom. The van der Waals surface area contributed by atoms with Crippen molar-refractivity contribution in [3.05, 3.63) is 0 Å². The predicted octanol–water partition coefficient (Wildman–Crippen LogP) is -0.882. The molecule has 0 radical (unpaired) electrons. The van der Waals surface area contributed by atoms with E-state index >= 15 is 0 Å². The molecule has 0 aromatic rings. The standard InChI is InChI=1S/C11H19NO2/c13-10(14)11(6-2-1-3-7-11)12-8-4-5-9-12/h1-9H2,(H,13,14). The van der Waals surface area contributed by atoms with Crippen molar-refractivity contribution in [2.24, 2.45) is 0 Å². The van der Waals surface area contributed by atoms with Gasteiger partial charge in [0, 0.05) is 25.7 Å². The lowest BCUT2D eigenvalue weighted by Gasteiger charge is -2.42. The third kappa shape index (κ3) is 1.54. The molecule has 1 aliphatic heterocycles. The smallest absolute Gasteiger partial charge is 0.138 e. The van der Waals surface area contributed by atoms with E-state index in [1.54, 1.807) is 0 Å². The lowest BCUT2D eigenvalue weighted by molar-refractivity contribution is -0.935. The van der Waals surface area contributed by atoms with Crippen LogP contribution >= 0.6 is 0 Å². The number of hydrogen-bond donors (Lipinski definition) is 1. The first-order chi connectivity index (χ1) is 6.76. The second-order valence-corrected chi connectivity index (χ2v) is 4.74. The second kappa shape index (κ2) is 3.89. The average Bonchev–Trinajstić information content (AvgIpc) is 2.72. The number of quaternary nitrogens is 1. The van der Waals surface area contributed by atoms with E-state index in [9.17, 15) is 9.90 Å². The fourth-order valence-electron chi connectivity index (χ4n) is 3.14. The molecule has 0 spiro atoms. The van der Waals surface area contributed by atoms with Crippen molar-refractivity contribution in [1.29, 1.82) is 0 Å². The lowest BCUT2D eigenvalue weighted by atomic mass is 9.80. The van der Waals surface area contributed by atoms with Crippen molar-refractivity contribution in [1.82, 2.24) is 0 Å². The molecule has 14 heavy (non-hydrogen) atoms. The molecule has 2 aliphatic rings. The molecule has 1 saturated carbocycles. The Bertz CT molecular complexity index is 215. The Morgan fingerprint density at radius 3 is 2.07 bits per heavy atom. The molecule has 0 aromatic carbocycles. The first kappa shape index (κ1) is 9.97. The van der Waals surface area contributed by atoms with Crippen molar-refractivity contribution in [2.45, 2.75) is 50.5 Å². The van der Waals surface area contributed by atoms with Crippen molar-refractivity contribution < 1.29 is 14.8 Å². The van der Waals surface area contributed by atoms with Gasteiger partial charge in [-0.05, 0) is 12.8 Å². The Kier molecular flexibility index (Phi) is 2.77. The zero-order valence-corrected chi connectivity index (χ0v) is 8.68. The van der Waals surface area contributed by atoms with Crippen LogP contribution in [0.4, 0.5) is 0 Å². The summed E-state index contributed by atoms with van der Waals surface area (Å²) < 4.78 is 0. The van der Waals surface area contributed by atoms with Gasteiger partial charge in [-0.1, -0.05) is 6.42 Å². The summed E-state index contributed by atoms with van der Waals surface area (Å²) in [6.07, 6.45) is 7.38. The van der Waals surface area contributed by atoms with Gasteiger partial charge in [-0.2, -0.15) is 0 Å². The van der Waals surface area contributed by atoms with Gasteiger partial charge in [-0.15, -0.1) is 0 Å². The molecule has 0 bridgehead atoms. The number of nitrogens with one attached hydrogen (secondary N) is 1. The van der Waals surface area contributed by atoms with E-state index in [0.717, 1.165) is 38.8 Å². The highest BCUT2D eigenvalue weighted by molar-refractivity contribution is 5.74. The molecule has 0 amide bonds. The number of hydrogen-bond acceptors (Lipinski definition) is 2. The molecule has 3 heteroatoms. The number of rotatable bonds is 2. The van der Waals surface area contributed by atoms with Crippen LogP contribution in [0.3, 0.4) is 0 Å². The van der Waals surface area contributed by atoms with E-state index in [0.29, 0.717) is 0 Å². The highest BCUT2D eigenvalue weighted by Gasteiger charge is 2.44. The molecule has 0 aromatic heterocycles. The summed E-state index contributed by atoms with van der Waals surface area (Å²) >= 11 is 0. The molecule has 1 heterocycles. The lowest BCUT2D eigenvalue weighted by Crippen LogP contribution is -3.20. The number of carbonyl (C=O) groups is 1. The summed E-state index contributed by atoms with van der Waals surface area (Å²) in [4.78, 5) is 12.6. The Labute approximate surface area is 85.1 Å². The fraction of sp³-hybridized carbons (Fsp3) is 0.909. The van der Waals surface area contributed by atoms with Crippen molar-refractivity contribution in [3.63, 3.8) is 0 Å². The van der Waals surface area contributed by atoms with Crippen LogP contribution in [-0.2, 0) is 4.79 Å². The molecule has 2 fully saturated rings. The van der Waals surface area contributed by atoms with Gasteiger partial charge in [-0.3, -0.25) is 0 Å². The van der Waals surface area contributed by atoms with Crippen molar-refractivity contribution in [3.8, 4) is 0 Å². The molecule has 0 unspecified atom stereocenters. The van der Waals surface area contributed by atoms with E-state index in [1.165, 1.54) is 24.2 Å². The van der Waals surface area contributed by atoms with Gasteiger partial charge < -0.3 is 14.8 Å². The Morgan fingerprint density at radius 2 is 1.57 bits per heavy atom. The van der Waals surface area contributed by atoms with Gasteiger partial charge in [0.2, 0.25) is 0 Å². The minimum Gasteiger partial charge on any atom is -0.544 e. The second-order valence-electron chi connectivity index (χ2n) is 4.74. The van der Waals surface area contributed by atoms with Crippen LogP contribution in [0.15, 0.2) is 0 Å². The van der Waals surface area contributed by atoms with Crippen LogP contribution < -0.4 is 10.0 Å². The minimum atomic E-state index is -0.797. The summed E-state index contributed by atoms with van der Waals surface area (Å²) in [5.74, 6) is -0.797. The minimum absolute atomic E-state index is 0.519. The summed E-state index contributed by atoms with van der Waals surface area (Å²) in [6.45, 7) is 2.07. The Hall–Kier alpha value is -0.570. The highest BCUT2D eigenvalue weighted by atomic mass is 16.4. The van der Waals surface area contributed by atoms with Gasteiger partial charge in [0.25, 0.3) is 0 Å². The summed E-state index contributed by atoms with van der Waals surface area (Å²) in [5, 5.41) is 11.3. The topological polar surface area (TPSA) is 44.6 Å². The largest absolute Gasteiger partial charge is 0.544 e. The molecular formula is C11H19NO2. The van der Waals surface area contributed by atoms with Gasteiger partial charge in [-0.25, -0.2) is 0 Å². The molecule has 1 aliphatic carbocycles. The molecule has 1 N–H and O–H groups in total. The number of aliphatic carboxylic acids is 1. The monoisotopic (exact) mass is 197 g/mol. The van der Waals surface area contributed by atoms with Gasteiger partial charge in [0.1, 0.15) is 11.5 Å². The van der Waals surface area contributed by atoms with E-state index in [2.05, 4.69) is 0 Å². The van der Waals surface area contributed by atoms with Gasteiger partial charge in [0.15, 0.2) is 0 Å². The predicted molar refractivity (Wildman–Crippen MR) is 50.8 cm³/mol. The van der Waals surface area contributed by atoms with Gasteiger partial charge >= 0.3 is 0 Å². The Balaban J connectivity index is 2.15. The van der Waals surface area contributed by atoms with E-state index in [4.69, 9.17) is 0 Å². The number of carbonyl (C=O) groups excluding carboxylic acids is 1. The zero-order chi connectivity index (χ0) is 10.0. The fourth-order valence-corrected chi connectivity index (χ4v) is 3.14. The van der Waals surface area contributed by atoms with Crippen LogP contribution in [0.25, 0.3) is 0 Å². The molecular weight excluding hydrogens is 178 g/mol. The quantitative estimate of drug-likeness (QED) is 0.624. The number of carboxylic acid groups (broad SMARTS) is 1. The first-order valence-corrected chi connectivity index (χ1v) is 5.82. The SMILES string of the molecule is O=C([O-])C1([NH+]2CCCC2)CCCCC1. The van der Waals surface area contributed by atoms with Crippen molar-refractivity contribution >= 4 is 5.97 Å². The van der Waals surface area contributed by atoms with Crippen LogP contribution in [0, 0.1) is 0 Å². The maximum atomic E-state index is 11.3. The molecule has 0 atom stereocenters. The van der Waals surface area contributed by atoms with Crippen LogP contribution in [-0.4, -0.2) is 24.6 Å². The summed E-state index contributed by atoms with van der Waals surface area (Å²) in [7, 11) is 0. The van der Waals surface area contributed by atoms with E-state index in [1.807, 2.05) is 0 Å². The molecule has 3 nitrogen and oxygen atoms in total. The maximum absolute atomic E-state index is 11.3. The average molecular weight is 197 g/mol. The van der Waals surface area contributed by atoms with Crippen LogP contribution in [0.1, 0.15) is 44.9 Å². The van der Waals surface area contributed by atoms with Crippen molar-refractivity contribution in [2.75, 3.05) is 13.1 Å². The zero-order valence-electron chi connectivity index (χ0n) is 8.68. The number of likely N-dealkylation sites (tertiary alicyclic amines) is 1. The van der Waals surface area contributed by atoms with Crippen LogP contribution in [0.5, 0.6) is 0 Å². The third-order valence-corrected chi connectivity index (χ3v) is 3.98. The molecule has 2 rings (SSSR count). The van der Waals surface area contributed by atoms with Crippen LogP contribution in [0.2, 0.25) is 0 Å². The van der Waals surface area contributed by atoms with E-state index in [-0.39, 0.29) is 0 Å². The number of carboxylic acids is 1. The maximum Gasteiger partial charge on any atom is 0.138 e. The summed E-state index contributed by atoms with van der Waals surface area (Å²) in [5.41, 5.74) is -0.519. The first-order valence-electron chi connectivity index (χ1n) is 5.82. The molecule has 1 saturated heterocycles.